The second-order valence-corrected chi connectivity index (χ2v) is 6.54. The van der Waals surface area contributed by atoms with E-state index in [0.29, 0.717) is 17.3 Å². The average Bonchev–Trinajstić information content (AvgIpc) is 2.78. The molecule has 0 aliphatic heterocycles. The lowest BCUT2D eigenvalue weighted by Gasteiger charge is -2.07. The predicted molar refractivity (Wildman–Crippen MR) is 78.1 cm³/mol. The van der Waals surface area contributed by atoms with Crippen LogP contribution in [-0.4, -0.2) is 18.2 Å². The van der Waals surface area contributed by atoms with Gasteiger partial charge in [0.15, 0.2) is 0 Å². The lowest BCUT2D eigenvalue weighted by Crippen LogP contribution is -2.23. The fourth-order valence-corrected chi connectivity index (χ4v) is 3.32. The van der Waals surface area contributed by atoms with E-state index in [0.717, 1.165) is 5.56 Å². The molecule has 1 aromatic carbocycles. The quantitative estimate of drug-likeness (QED) is 0.921. The molecule has 0 unspecified atom stereocenters. The van der Waals surface area contributed by atoms with Crippen LogP contribution in [0.3, 0.4) is 0 Å². The molecule has 1 heterocycles. The number of hydrogen-bond donors (Lipinski definition) is 1. The molecule has 0 amide bonds. The van der Waals surface area contributed by atoms with E-state index in [-0.39, 0.29) is 11.4 Å². The molecule has 0 saturated carbocycles. The van der Waals surface area contributed by atoms with Gasteiger partial charge in [0.2, 0.25) is 10.0 Å². The normalized spacial score (nSPS) is 11.8. The van der Waals surface area contributed by atoms with E-state index in [1.54, 1.807) is 29.8 Å². The van der Waals surface area contributed by atoms with E-state index in [1.165, 1.54) is 6.20 Å². The van der Waals surface area contributed by atoms with Gasteiger partial charge in [0.05, 0.1) is 11.9 Å². The van der Waals surface area contributed by atoms with Gasteiger partial charge in [-0.3, -0.25) is 4.68 Å². The first kappa shape index (κ1) is 15.0. The molecular weight excluding hydrogens is 298 g/mol. The smallest absolute Gasteiger partial charge is 0.244 e. The Morgan fingerprint density at radius 2 is 2.15 bits per heavy atom. The summed E-state index contributed by atoms with van der Waals surface area (Å²) in [6, 6.07) is 7.07. The van der Waals surface area contributed by atoms with Crippen molar-refractivity contribution in [1.82, 2.24) is 14.5 Å². The predicted octanol–water partition coefficient (Wildman–Crippen LogP) is 2.34. The third kappa shape index (κ3) is 3.20. The Bertz CT molecular complexity index is 710. The van der Waals surface area contributed by atoms with E-state index in [4.69, 9.17) is 11.6 Å². The maximum atomic E-state index is 12.2. The van der Waals surface area contributed by atoms with Gasteiger partial charge in [-0.05, 0) is 31.5 Å². The number of rotatable bonds is 5. The van der Waals surface area contributed by atoms with Crippen molar-refractivity contribution in [3.05, 3.63) is 46.7 Å². The van der Waals surface area contributed by atoms with Gasteiger partial charge in [0.1, 0.15) is 4.90 Å². The first-order valence-electron chi connectivity index (χ1n) is 6.20. The average molecular weight is 314 g/mol. The minimum absolute atomic E-state index is 0.194. The molecule has 0 spiro atoms. The van der Waals surface area contributed by atoms with Crippen molar-refractivity contribution < 1.29 is 8.42 Å². The number of benzene rings is 1. The molecule has 2 rings (SSSR count). The molecule has 2 aromatic rings. The number of aromatic nitrogens is 2. The van der Waals surface area contributed by atoms with Gasteiger partial charge in [-0.25, -0.2) is 13.1 Å². The number of nitrogens with zero attached hydrogens (tertiary/aromatic N) is 2. The molecular formula is C13H16ClN3O2S. The maximum Gasteiger partial charge on any atom is 0.244 e. The molecule has 0 radical (unpaired) electrons. The maximum absolute atomic E-state index is 12.2. The summed E-state index contributed by atoms with van der Waals surface area (Å²) >= 11 is 5.87. The Balaban J connectivity index is 2.17. The molecule has 7 heteroatoms. The summed E-state index contributed by atoms with van der Waals surface area (Å²) in [5.74, 6) is 0. The molecule has 0 atom stereocenters. The van der Waals surface area contributed by atoms with Crippen LogP contribution in [0.1, 0.15) is 18.2 Å². The van der Waals surface area contributed by atoms with Crippen LogP contribution in [0.15, 0.2) is 35.4 Å². The summed E-state index contributed by atoms with van der Waals surface area (Å²) in [4.78, 5) is 0.210. The summed E-state index contributed by atoms with van der Waals surface area (Å²) < 4.78 is 28.7. The topological polar surface area (TPSA) is 64.0 Å². The highest BCUT2D eigenvalue weighted by atomic mass is 35.5. The summed E-state index contributed by atoms with van der Waals surface area (Å²) in [6.07, 6.45) is 1.37. The lowest BCUT2D eigenvalue weighted by molar-refractivity contribution is 0.579. The largest absolute Gasteiger partial charge is 0.269 e. The first-order valence-corrected chi connectivity index (χ1v) is 8.06. The van der Waals surface area contributed by atoms with Crippen LogP contribution >= 0.6 is 11.6 Å². The molecule has 1 N–H and O–H groups in total. The number of halogens is 1. The van der Waals surface area contributed by atoms with Crippen molar-refractivity contribution in [3.8, 4) is 0 Å². The number of aryl methyl sites for hydroxylation is 1. The van der Waals surface area contributed by atoms with Crippen molar-refractivity contribution in [2.24, 2.45) is 0 Å². The van der Waals surface area contributed by atoms with E-state index >= 15 is 0 Å². The zero-order chi connectivity index (χ0) is 14.8. The molecule has 0 aliphatic rings. The van der Waals surface area contributed by atoms with Gasteiger partial charge in [-0.15, -0.1) is 0 Å². The summed E-state index contributed by atoms with van der Waals surface area (Å²) in [5, 5.41) is 4.63. The SMILES string of the molecule is CCn1ncc(S(=O)(=O)NCc2cccc(Cl)c2)c1C. The van der Waals surface area contributed by atoms with Gasteiger partial charge >= 0.3 is 0 Å². The van der Waals surface area contributed by atoms with Crippen molar-refractivity contribution in [1.29, 1.82) is 0 Å². The Hall–Kier alpha value is -1.37. The van der Waals surface area contributed by atoms with E-state index in [1.807, 2.05) is 13.0 Å². The minimum atomic E-state index is -3.57. The van der Waals surface area contributed by atoms with E-state index < -0.39 is 10.0 Å². The van der Waals surface area contributed by atoms with Gasteiger partial charge in [-0.2, -0.15) is 5.10 Å². The second-order valence-electron chi connectivity index (χ2n) is 4.36. The highest BCUT2D eigenvalue weighted by Gasteiger charge is 2.20. The van der Waals surface area contributed by atoms with Crippen molar-refractivity contribution in [2.45, 2.75) is 31.8 Å². The third-order valence-electron chi connectivity index (χ3n) is 3.00. The molecule has 0 bridgehead atoms. The Kier molecular flexibility index (Phi) is 4.47. The Labute approximate surface area is 123 Å². The third-order valence-corrected chi connectivity index (χ3v) is 4.74. The van der Waals surface area contributed by atoms with Crippen molar-refractivity contribution in [3.63, 3.8) is 0 Å². The zero-order valence-corrected chi connectivity index (χ0v) is 12.9. The fraction of sp³-hybridized carbons (Fsp3) is 0.308. The van der Waals surface area contributed by atoms with Crippen LogP contribution in [0, 0.1) is 6.92 Å². The molecule has 0 fully saturated rings. The fourth-order valence-electron chi connectivity index (χ4n) is 1.92. The zero-order valence-electron chi connectivity index (χ0n) is 11.3. The highest BCUT2D eigenvalue weighted by molar-refractivity contribution is 7.89. The van der Waals surface area contributed by atoms with Gasteiger partial charge in [0.25, 0.3) is 0 Å². The Morgan fingerprint density at radius 1 is 1.40 bits per heavy atom. The molecule has 0 aliphatic carbocycles. The standard InChI is InChI=1S/C13H16ClN3O2S/c1-3-17-10(2)13(9-15-17)20(18,19)16-8-11-5-4-6-12(14)7-11/h4-7,9,16H,3,8H2,1-2H3. The monoisotopic (exact) mass is 313 g/mol. The first-order chi connectivity index (χ1) is 9.44. The van der Waals surface area contributed by atoms with Crippen molar-refractivity contribution >= 4 is 21.6 Å². The molecule has 5 nitrogen and oxygen atoms in total. The van der Waals surface area contributed by atoms with Gasteiger partial charge in [0, 0.05) is 18.1 Å². The van der Waals surface area contributed by atoms with Crippen LogP contribution in [-0.2, 0) is 23.1 Å². The van der Waals surface area contributed by atoms with Crippen LogP contribution in [0.25, 0.3) is 0 Å². The van der Waals surface area contributed by atoms with Crippen LogP contribution < -0.4 is 4.72 Å². The van der Waals surface area contributed by atoms with Gasteiger partial charge in [-0.1, -0.05) is 23.7 Å². The van der Waals surface area contributed by atoms with E-state index in [9.17, 15) is 8.42 Å². The van der Waals surface area contributed by atoms with Crippen LogP contribution in [0.2, 0.25) is 5.02 Å². The van der Waals surface area contributed by atoms with Crippen molar-refractivity contribution in [2.75, 3.05) is 0 Å². The highest BCUT2D eigenvalue weighted by Crippen LogP contribution is 2.15. The molecule has 1 aromatic heterocycles. The molecule has 108 valence electrons. The van der Waals surface area contributed by atoms with Crippen LogP contribution in [0.5, 0.6) is 0 Å². The Morgan fingerprint density at radius 3 is 2.75 bits per heavy atom. The summed E-state index contributed by atoms with van der Waals surface area (Å²) in [7, 11) is -3.57. The van der Waals surface area contributed by atoms with Gasteiger partial charge < -0.3 is 0 Å². The molecule has 20 heavy (non-hydrogen) atoms. The second kappa shape index (κ2) is 5.95. The number of sulfonamides is 1. The van der Waals surface area contributed by atoms with E-state index in [2.05, 4.69) is 9.82 Å². The van der Waals surface area contributed by atoms with Crippen LogP contribution in [0.4, 0.5) is 0 Å². The molecule has 0 saturated heterocycles. The number of nitrogens with one attached hydrogen (secondary N) is 1. The number of hydrogen-bond acceptors (Lipinski definition) is 3. The lowest BCUT2D eigenvalue weighted by atomic mass is 10.2. The summed E-state index contributed by atoms with van der Waals surface area (Å²) in [6.45, 7) is 4.48. The summed E-state index contributed by atoms with van der Waals surface area (Å²) in [5.41, 5.74) is 1.44. The minimum Gasteiger partial charge on any atom is -0.269 e.